The average Bonchev–Trinajstić information content (AvgIpc) is 3.08. The second kappa shape index (κ2) is 9.20. The van der Waals surface area contributed by atoms with E-state index in [4.69, 9.17) is 19.2 Å². The molecule has 2 aliphatic heterocycles. The fourth-order valence-corrected chi connectivity index (χ4v) is 4.09. The summed E-state index contributed by atoms with van der Waals surface area (Å²) in [5.41, 5.74) is 2.83. The van der Waals surface area contributed by atoms with Crippen LogP contribution in [-0.2, 0) is 6.54 Å². The third-order valence-electron chi connectivity index (χ3n) is 5.81. The molecule has 1 atom stereocenters. The molecule has 1 saturated heterocycles. The first kappa shape index (κ1) is 20.8. The van der Waals surface area contributed by atoms with Crippen LogP contribution < -0.4 is 24.8 Å². The van der Waals surface area contributed by atoms with Gasteiger partial charge in [-0.2, -0.15) is 19.6 Å². The largest absolute Gasteiger partial charge is 0.490 e. The van der Waals surface area contributed by atoms with E-state index in [1.807, 2.05) is 24.4 Å². The highest BCUT2D eigenvalue weighted by Crippen LogP contribution is 2.33. The van der Waals surface area contributed by atoms with Gasteiger partial charge in [0.15, 0.2) is 17.1 Å². The van der Waals surface area contributed by atoms with Gasteiger partial charge in [0.25, 0.3) is 0 Å². The fraction of sp³-hybridized carbons (Fsp3) is 0.522. The quantitative estimate of drug-likeness (QED) is 0.606. The van der Waals surface area contributed by atoms with Gasteiger partial charge in [0, 0.05) is 30.6 Å². The number of benzene rings is 1. The number of para-hydroxylation sites is 1. The van der Waals surface area contributed by atoms with Crippen molar-refractivity contribution in [3.8, 4) is 17.5 Å². The normalized spacial score (nSPS) is 18.5. The number of aromatic nitrogens is 4. The zero-order chi connectivity index (χ0) is 21.9. The van der Waals surface area contributed by atoms with Gasteiger partial charge in [-0.05, 0) is 31.4 Å². The van der Waals surface area contributed by atoms with Crippen LogP contribution in [0.25, 0.3) is 5.65 Å². The van der Waals surface area contributed by atoms with Crippen molar-refractivity contribution >= 4 is 11.6 Å². The molecule has 0 unspecified atom stereocenters. The maximum atomic E-state index is 6.16. The molecular formula is C23H30N6O3. The Kier molecular flexibility index (Phi) is 5.98. The van der Waals surface area contributed by atoms with E-state index in [2.05, 4.69) is 34.6 Å². The summed E-state index contributed by atoms with van der Waals surface area (Å²) in [7, 11) is 0. The van der Waals surface area contributed by atoms with Crippen molar-refractivity contribution in [3.05, 3.63) is 35.5 Å². The minimum Gasteiger partial charge on any atom is -0.490 e. The van der Waals surface area contributed by atoms with E-state index in [-0.39, 0.29) is 12.0 Å². The number of rotatable bonds is 6. The smallest absolute Gasteiger partial charge is 0.322 e. The third-order valence-corrected chi connectivity index (χ3v) is 5.81. The Bertz CT molecular complexity index is 1080. The van der Waals surface area contributed by atoms with Gasteiger partial charge in [-0.3, -0.25) is 0 Å². The lowest BCUT2D eigenvalue weighted by Gasteiger charge is -2.23. The van der Waals surface area contributed by atoms with E-state index in [1.165, 1.54) is 0 Å². The topological polar surface area (TPSA) is 94.8 Å². The van der Waals surface area contributed by atoms with E-state index in [0.717, 1.165) is 60.6 Å². The van der Waals surface area contributed by atoms with Gasteiger partial charge >= 0.3 is 6.01 Å². The summed E-state index contributed by atoms with van der Waals surface area (Å²) in [6, 6.07) is 6.34. The Morgan fingerprint density at radius 1 is 1.22 bits per heavy atom. The molecule has 9 heteroatoms. The molecule has 0 amide bonds. The second-order valence-corrected chi connectivity index (χ2v) is 8.55. The highest BCUT2D eigenvalue weighted by Gasteiger charge is 2.21. The highest BCUT2D eigenvalue weighted by molar-refractivity contribution is 5.54. The summed E-state index contributed by atoms with van der Waals surface area (Å²) in [4.78, 5) is 9.37. The minimum atomic E-state index is 0.0694. The Morgan fingerprint density at radius 3 is 2.97 bits per heavy atom. The maximum absolute atomic E-state index is 6.16. The molecule has 4 heterocycles. The lowest BCUT2D eigenvalue weighted by Crippen LogP contribution is -2.37. The summed E-state index contributed by atoms with van der Waals surface area (Å²) in [5.74, 6) is 2.45. The van der Waals surface area contributed by atoms with Gasteiger partial charge in [0.1, 0.15) is 6.10 Å². The van der Waals surface area contributed by atoms with Crippen molar-refractivity contribution in [2.45, 2.75) is 51.7 Å². The molecule has 2 aromatic heterocycles. The number of piperidine rings is 1. The molecule has 32 heavy (non-hydrogen) atoms. The van der Waals surface area contributed by atoms with Gasteiger partial charge in [-0.25, -0.2) is 0 Å². The molecule has 0 bridgehead atoms. The number of nitrogens with one attached hydrogen (secondary N) is 2. The average molecular weight is 439 g/mol. The van der Waals surface area contributed by atoms with Gasteiger partial charge in [-0.1, -0.05) is 26.0 Å². The second-order valence-electron chi connectivity index (χ2n) is 8.55. The Balaban J connectivity index is 1.45. The highest BCUT2D eigenvalue weighted by atomic mass is 16.5. The first-order valence-electron chi connectivity index (χ1n) is 11.4. The number of fused-ring (bicyclic) bond motifs is 2. The molecule has 0 radical (unpaired) electrons. The molecule has 1 fully saturated rings. The van der Waals surface area contributed by atoms with Gasteiger partial charge in [0.05, 0.1) is 19.4 Å². The summed E-state index contributed by atoms with van der Waals surface area (Å²) in [5, 5.41) is 11.3. The van der Waals surface area contributed by atoms with Crippen LogP contribution in [0.3, 0.4) is 0 Å². The molecular weight excluding hydrogens is 408 g/mol. The lowest BCUT2D eigenvalue weighted by molar-refractivity contribution is 0.153. The number of hydrogen-bond acceptors (Lipinski definition) is 8. The molecule has 2 aliphatic rings. The van der Waals surface area contributed by atoms with Gasteiger partial charge in [0.2, 0.25) is 5.95 Å². The van der Waals surface area contributed by atoms with Crippen molar-refractivity contribution in [2.24, 2.45) is 0 Å². The molecule has 2 N–H and O–H groups in total. The minimum absolute atomic E-state index is 0.0694. The Morgan fingerprint density at radius 2 is 2.12 bits per heavy atom. The molecule has 0 spiro atoms. The molecule has 1 aromatic carbocycles. The van der Waals surface area contributed by atoms with Crippen LogP contribution in [0.4, 0.5) is 5.95 Å². The summed E-state index contributed by atoms with van der Waals surface area (Å²) < 4.78 is 19.7. The zero-order valence-corrected chi connectivity index (χ0v) is 18.6. The molecule has 0 aliphatic carbocycles. The van der Waals surface area contributed by atoms with Crippen molar-refractivity contribution in [2.75, 3.05) is 31.6 Å². The number of nitrogens with zero attached hydrogens (tertiary/aromatic N) is 4. The summed E-state index contributed by atoms with van der Waals surface area (Å²) in [6.07, 6.45) is 4.88. The van der Waals surface area contributed by atoms with Crippen molar-refractivity contribution in [3.63, 3.8) is 0 Å². The number of anilines is 1. The SMILES string of the molecule is CC(C)c1cnn2c(NCc3cccc4c3OCCCO4)nc(O[C@@H]3CCCNC3)nc12. The van der Waals surface area contributed by atoms with Gasteiger partial charge in [-0.15, -0.1) is 0 Å². The van der Waals surface area contributed by atoms with Crippen molar-refractivity contribution in [1.29, 1.82) is 0 Å². The molecule has 5 rings (SSSR count). The Labute approximate surface area is 187 Å². The van der Waals surface area contributed by atoms with E-state index >= 15 is 0 Å². The van der Waals surface area contributed by atoms with Crippen LogP contribution >= 0.6 is 0 Å². The van der Waals surface area contributed by atoms with Gasteiger partial charge < -0.3 is 24.8 Å². The van der Waals surface area contributed by atoms with E-state index in [9.17, 15) is 0 Å². The maximum Gasteiger partial charge on any atom is 0.322 e. The summed E-state index contributed by atoms with van der Waals surface area (Å²) in [6.45, 7) is 7.92. The third kappa shape index (κ3) is 4.29. The van der Waals surface area contributed by atoms with Crippen LogP contribution in [0.2, 0.25) is 0 Å². The van der Waals surface area contributed by atoms with Crippen LogP contribution in [-0.4, -0.2) is 52.0 Å². The predicted octanol–water partition coefficient (Wildman–Crippen LogP) is 3.15. The zero-order valence-electron chi connectivity index (χ0n) is 18.6. The van der Waals surface area contributed by atoms with E-state index in [0.29, 0.717) is 31.7 Å². The lowest BCUT2D eigenvalue weighted by atomic mass is 10.1. The molecule has 3 aromatic rings. The standard InChI is InChI=1S/C23H30N6O3/c1-15(2)18-14-26-29-21(18)27-23(32-17-7-4-9-24-13-17)28-22(29)25-12-16-6-3-8-19-20(16)31-11-5-10-30-19/h3,6,8,14-15,17,24H,4-5,7,9-13H2,1-2H3,(H,25,27,28)/t17-/m1/s1. The predicted molar refractivity (Wildman–Crippen MR) is 121 cm³/mol. The first-order chi connectivity index (χ1) is 15.7. The van der Waals surface area contributed by atoms with Crippen LogP contribution in [0.1, 0.15) is 50.2 Å². The molecule has 0 saturated carbocycles. The van der Waals surface area contributed by atoms with Crippen LogP contribution in [0, 0.1) is 0 Å². The fourth-order valence-electron chi connectivity index (χ4n) is 4.09. The van der Waals surface area contributed by atoms with Crippen LogP contribution in [0.15, 0.2) is 24.4 Å². The first-order valence-corrected chi connectivity index (χ1v) is 11.4. The molecule has 170 valence electrons. The van der Waals surface area contributed by atoms with E-state index in [1.54, 1.807) is 4.52 Å². The van der Waals surface area contributed by atoms with Crippen LogP contribution in [0.5, 0.6) is 17.5 Å². The summed E-state index contributed by atoms with van der Waals surface area (Å²) >= 11 is 0. The molecule has 9 nitrogen and oxygen atoms in total. The van der Waals surface area contributed by atoms with Crippen molar-refractivity contribution in [1.82, 2.24) is 24.9 Å². The number of hydrogen-bond donors (Lipinski definition) is 2. The monoisotopic (exact) mass is 438 g/mol. The number of ether oxygens (including phenoxy) is 3. The van der Waals surface area contributed by atoms with Crippen molar-refractivity contribution < 1.29 is 14.2 Å². The Hall–Kier alpha value is -3.07. The van der Waals surface area contributed by atoms with E-state index < -0.39 is 0 Å².